The molecule has 2 aromatic rings. The predicted molar refractivity (Wildman–Crippen MR) is 88.6 cm³/mol. The van der Waals surface area contributed by atoms with Crippen LogP contribution in [0.5, 0.6) is 0 Å². The summed E-state index contributed by atoms with van der Waals surface area (Å²) in [5.41, 5.74) is 0.749. The van der Waals surface area contributed by atoms with Gasteiger partial charge >= 0.3 is 0 Å². The van der Waals surface area contributed by atoms with E-state index in [4.69, 9.17) is 0 Å². The van der Waals surface area contributed by atoms with Crippen LogP contribution in [-0.4, -0.2) is 36.3 Å². The molecular weight excluding hydrogens is 312 g/mol. The first kappa shape index (κ1) is 15.9. The highest BCUT2D eigenvalue weighted by molar-refractivity contribution is 7.89. The van der Waals surface area contributed by atoms with Crippen LogP contribution in [-0.2, 0) is 10.0 Å². The Morgan fingerprint density at radius 1 is 1.22 bits per heavy atom. The number of hydrogen-bond donors (Lipinski definition) is 1. The fourth-order valence-corrected chi connectivity index (χ4v) is 4.63. The number of hydrogen-bond acceptors (Lipinski definition) is 5. The lowest BCUT2D eigenvalue weighted by Crippen LogP contribution is -2.31. The Bertz CT molecular complexity index is 793. The molecule has 0 amide bonds. The minimum atomic E-state index is -3.52. The van der Waals surface area contributed by atoms with E-state index in [-0.39, 0.29) is 6.04 Å². The van der Waals surface area contributed by atoms with Gasteiger partial charge in [-0.05, 0) is 31.9 Å². The van der Waals surface area contributed by atoms with Crippen molar-refractivity contribution in [1.82, 2.24) is 14.3 Å². The summed E-state index contributed by atoms with van der Waals surface area (Å²) in [7, 11) is -1.73. The molecule has 2 heterocycles. The van der Waals surface area contributed by atoms with Crippen molar-refractivity contribution in [3.05, 3.63) is 47.9 Å². The number of aryl methyl sites for hydroxylation is 1. The summed E-state index contributed by atoms with van der Waals surface area (Å²) in [6.45, 7) is 2.33. The summed E-state index contributed by atoms with van der Waals surface area (Å²) in [6.07, 6.45) is 1.60. The quantitative estimate of drug-likeness (QED) is 0.930. The van der Waals surface area contributed by atoms with E-state index < -0.39 is 10.0 Å². The van der Waals surface area contributed by atoms with Gasteiger partial charge in [0.25, 0.3) is 0 Å². The molecule has 0 aliphatic carbocycles. The second-order valence-electron chi connectivity index (χ2n) is 5.56. The first-order chi connectivity index (χ1) is 11.0. The Hall–Kier alpha value is -1.99. The Morgan fingerprint density at radius 3 is 2.65 bits per heavy atom. The molecule has 1 aliphatic rings. The minimum Gasteiger partial charge on any atom is -0.373 e. The maximum Gasteiger partial charge on any atom is 0.243 e. The maximum absolute atomic E-state index is 12.9. The van der Waals surface area contributed by atoms with Crippen molar-refractivity contribution in [3.63, 3.8) is 0 Å². The van der Waals surface area contributed by atoms with Crippen LogP contribution in [0, 0.1) is 6.92 Å². The van der Waals surface area contributed by atoms with Gasteiger partial charge in [0.15, 0.2) is 0 Å². The molecule has 122 valence electrons. The highest BCUT2D eigenvalue weighted by atomic mass is 32.2. The molecule has 1 aromatic carbocycles. The Labute approximate surface area is 136 Å². The molecule has 23 heavy (non-hydrogen) atoms. The van der Waals surface area contributed by atoms with Crippen LogP contribution < -0.4 is 5.32 Å². The molecule has 1 aromatic heterocycles. The van der Waals surface area contributed by atoms with Gasteiger partial charge in [0.05, 0.1) is 16.6 Å². The lowest BCUT2D eigenvalue weighted by Gasteiger charge is -2.24. The Balaban J connectivity index is 1.99. The zero-order valence-electron chi connectivity index (χ0n) is 13.2. The molecule has 1 aliphatic heterocycles. The van der Waals surface area contributed by atoms with E-state index in [1.165, 1.54) is 0 Å². The van der Waals surface area contributed by atoms with Crippen LogP contribution in [0.15, 0.2) is 41.3 Å². The minimum absolute atomic E-state index is 0.242. The van der Waals surface area contributed by atoms with Crippen molar-refractivity contribution >= 4 is 15.8 Å². The van der Waals surface area contributed by atoms with E-state index >= 15 is 0 Å². The van der Waals surface area contributed by atoms with Crippen molar-refractivity contribution in [2.24, 2.45) is 0 Å². The molecule has 0 bridgehead atoms. The van der Waals surface area contributed by atoms with Gasteiger partial charge in [-0.3, -0.25) is 0 Å². The molecule has 3 rings (SSSR count). The van der Waals surface area contributed by atoms with Crippen LogP contribution >= 0.6 is 0 Å². The Kier molecular flexibility index (Phi) is 4.32. The van der Waals surface area contributed by atoms with Crippen LogP contribution in [0.1, 0.15) is 30.4 Å². The third kappa shape index (κ3) is 3.07. The number of rotatable bonds is 4. The van der Waals surface area contributed by atoms with Crippen LogP contribution in [0.2, 0.25) is 0 Å². The number of sulfonamides is 1. The smallest absolute Gasteiger partial charge is 0.243 e. The molecule has 0 radical (unpaired) electrons. The van der Waals surface area contributed by atoms with Gasteiger partial charge in [-0.25, -0.2) is 18.4 Å². The van der Waals surface area contributed by atoms with Crippen molar-refractivity contribution < 1.29 is 8.42 Å². The number of aromatic nitrogens is 2. The van der Waals surface area contributed by atoms with E-state index in [1.807, 2.05) is 19.1 Å². The van der Waals surface area contributed by atoms with Crippen molar-refractivity contribution in [2.45, 2.75) is 30.7 Å². The summed E-state index contributed by atoms with van der Waals surface area (Å²) in [6, 6.07) is 10.2. The molecule has 1 atom stereocenters. The fourth-order valence-electron chi connectivity index (χ4n) is 2.94. The molecule has 7 heteroatoms. The monoisotopic (exact) mass is 332 g/mol. The molecule has 0 saturated carbocycles. The van der Waals surface area contributed by atoms with Gasteiger partial charge in [-0.2, -0.15) is 4.31 Å². The van der Waals surface area contributed by atoms with Gasteiger partial charge in [0, 0.05) is 19.7 Å². The van der Waals surface area contributed by atoms with Gasteiger partial charge in [0.2, 0.25) is 10.0 Å². The Morgan fingerprint density at radius 2 is 1.96 bits per heavy atom. The van der Waals surface area contributed by atoms with Gasteiger partial charge in [0.1, 0.15) is 11.6 Å². The van der Waals surface area contributed by atoms with Gasteiger partial charge in [-0.15, -0.1) is 0 Å². The normalized spacial score (nSPS) is 19.0. The molecule has 1 fully saturated rings. The SMILES string of the molecule is CNc1cc([C@@H]2CCCN2S(=O)(=O)c2ccccc2)nc(C)n1. The van der Waals surface area contributed by atoms with Crippen molar-refractivity contribution in [1.29, 1.82) is 0 Å². The van der Waals surface area contributed by atoms with E-state index in [2.05, 4.69) is 15.3 Å². The standard InChI is InChI=1S/C16H20N4O2S/c1-12-18-14(11-16(17-2)19-12)15-9-6-10-20(15)23(21,22)13-7-4-3-5-8-13/h3-5,7-8,11,15H,6,9-10H2,1-2H3,(H,17,18,19)/t15-/m0/s1. The molecule has 0 spiro atoms. The topological polar surface area (TPSA) is 75.2 Å². The largest absolute Gasteiger partial charge is 0.373 e. The summed E-state index contributed by atoms with van der Waals surface area (Å²) in [5.74, 6) is 1.34. The zero-order valence-corrected chi connectivity index (χ0v) is 14.0. The average Bonchev–Trinajstić information content (AvgIpc) is 3.05. The lowest BCUT2D eigenvalue weighted by molar-refractivity contribution is 0.389. The highest BCUT2D eigenvalue weighted by Gasteiger charge is 2.37. The number of nitrogens with zero attached hydrogens (tertiary/aromatic N) is 3. The number of anilines is 1. The third-order valence-electron chi connectivity index (χ3n) is 4.01. The predicted octanol–water partition coefficient (Wildman–Crippen LogP) is 2.35. The van der Waals surface area contributed by atoms with Crippen molar-refractivity contribution in [3.8, 4) is 0 Å². The van der Waals surface area contributed by atoms with Crippen LogP contribution in [0.25, 0.3) is 0 Å². The summed E-state index contributed by atoms with van der Waals surface area (Å²) >= 11 is 0. The first-order valence-electron chi connectivity index (χ1n) is 7.62. The summed E-state index contributed by atoms with van der Waals surface area (Å²) in [4.78, 5) is 9.07. The second kappa shape index (κ2) is 6.25. The molecule has 1 N–H and O–H groups in total. The first-order valence-corrected chi connectivity index (χ1v) is 9.06. The van der Waals surface area contributed by atoms with E-state index in [0.29, 0.717) is 23.1 Å². The fraction of sp³-hybridized carbons (Fsp3) is 0.375. The van der Waals surface area contributed by atoms with E-state index in [1.54, 1.807) is 35.6 Å². The lowest BCUT2D eigenvalue weighted by atomic mass is 10.1. The van der Waals surface area contributed by atoms with Gasteiger partial charge in [-0.1, -0.05) is 18.2 Å². The third-order valence-corrected chi connectivity index (χ3v) is 5.93. The molecule has 6 nitrogen and oxygen atoms in total. The average molecular weight is 332 g/mol. The van der Waals surface area contributed by atoms with E-state index in [9.17, 15) is 8.42 Å². The summed E-state index contributed by atoms with van der Waals surface area (Å²) in [5, 5.41) is 3.00. The summed E-state index contributed by atoms with van der Waals surface area (Å²) < 4.78 is 27.4. The molecular formula is C16H20N4O2S. The van der Waals surface area contributed by atoms with E-state index in [0.717, 1.165) is 18.5 Å². The number of nitrogens with one attached hydrogen (secondary N) is 1. The molecule has 0 unspecified atom stereocenters. The van der Waals surface area contributed by atoms with Gasteiger partial charge < -0.3 is 5.32 Å². The maximum atomic E-state index is 12.9. The van der Waals surface area contributed by atoms with Crippen molar-refractivity contribution in [2.75, 3.05) is 18.9 Å². The highest BCUT2D eigenvalue weighted by Crippen LogP contribution is 2.36. The number of benzene rings is 1. The zero-order chi connectivity index (χ0) is 16.4. The molecule has 1 saturated heterocycles. The van der Waals surface area contributed by atoms with Crippen LogP contribution in [0.4, 0.5) is 5.82 Å². The second-order valence-corrected chi connectivity index (χ2v) is 7.45. The van der Waals surface area contributed by atoms with Crippen LogP contribution in [0.3, 0.4) is 0 Å².